The molecule has 1 fully saturated rings. The van der Waals surface area contributed by atoms with Gasteiger partial charge in [-0.15, -0.1) is 0 Å². The Balaban J connectivity index is 2.04. The third-order valence-electron chi connectivity index (χ3n) is 3.84. The van der Waals surface area contributed by atoms with Crippen molar-refractivity contribution in [3.05, 3.63) is 29.3 Å². The van der Waals surface area contributed by atoms with Gasteiger partial charge in [0.15, 0.2) is 0 Å². The minimum absolute atomic E-state index is 0.152. The van der Waals surface area contributed by atoms with Crippen LogP contribution in [0, 0.1) is 0 Å². The molecule has 1 aromatic carbocycles. The van der Waals surface area contributed by atoms with Crippen molar-refractivity contribution < 1.29 is 13.2 Å². The van der Waals surface area contributed by atoms with Crippen molar-refractivity contribution in [2.75, 3.05) is 38.5 Å². The minimum Gasteiger partial charge on any atom is -0.399 e. The number of anilines is 1. The molecule has 3 nitrogen and oxygen atoms in total. The summed E-state index contributed by atoms with van der Waals surface area (Å²) < 4.78 is 39.2. The van der Waals surface area contributed by atoms with E-state index in [2.05, 4.69) is 16.7 Å². The highest BCUT2D eigenvalue weighted by Crippen LogP contribution is 2.34. The third-order valence-corrected chi connectivity index (χ3v) is 3.84. The van der Waals surface area contributed by atoms with Crippen LogP contribution < -0.4 is 5.73 Å². The van der Waals surface area contributed by atoms with E-state index >= 15 is 0 Å². The topological polar surface area (TPSA) is 32.5 Å². The van der Waals surface area contributed by atoms with Crippen LogP contribution in [0.2, 0.25) is 0 Å². The van der Waals surface area contributed by atoms with Gasteiger partial charge in [0, 0.05) is 38.4 Å². The summed E-state index contributed by atoms with van der Waals surface area (Å²) in [7, 11) is 0. The van der Waals surface area contributed by atoms with Gasteiger partial charge in [-0.1, -0.05) is 13.0 Å². The van der Waals surface area contributed by atoms with Crippen LogP contribution in [0.1, 0.15) is 24.5 Å². The SMILES string of the molecule is CCCN1CCN(Cc2ccc(N)cc2C(F)(F)F)CC1. The number of piperazine rings is 1. The van der Waals surface area contributed by atoms with Crippen LogP contribution in [0.4, 0.5) is 18.9 Å². The monoisotopic (exact) mass is 301 g/mol. The van der Waals surface area contributed by atoms with Crippen LogP contribution in [-0.2, 0) is 12.7 Å². The summed E-state index contributed by atoms with van der Waals surface area (Å²) in [5.41, 5.74) is 5.33. The van der Waals surface area contributed by atoms with Crippen molar-refractivity contribution in [1.82, 2.24) is 9.80 Å². The molecule has 0 bridgehead atoms. The molecule has 2 N–H and O–H groups in total. The lowest BCUT2D eigenvalue weighted by Gasteiger charge is -2.35. The summed E-state index contributed by atoms with van der Waals surface area (Å²) in [6, 6.07) is 4.07. The average molecular weight is 301 g/mol. The largest absolute Gasteiger partial charge is 0.416 e. The van der Waals surface area contributed by atoms with E-state index in [1.807, 2.05) is 0 Å². The van der Waals surface area contributed by atoms with Gasteiger partial charge in [-0.25, -0.2) is 0 Å². The fourth-order valence-corrected chi connectivity index (χ4v) is 2.72. The van der Waals surface area contributed by atoms with Crippen LogP contribution in [0.15, 0.2) is 18.2 Å². The van der Waals surface area contributed by atoms with E-state index in [0.29, 0.717) is 12.1 Å². The summed E-state index contributed by atoms with van der Waals surface area (Å²) >= 11 is 0. The predicted molar refractivity (Wildman–Crippen MR) is 77.9 cm³/mol. The number of hydrogen-bond donors (Lipinski definition) is 1. The normalized spacial score (nSPS) is 18.1. The quantitative estimate of drug-likeness (QED) is 0.868. The van der Waals surface area contributed by atoms with Crippen molar-refractivity contribution >= 4 is 5.69 Å². The highest BCUT2D eigenvalue weighted by Gasteiger charge is 2.34. The Bertz CT molecular complexity index is 466. The first-order chi connectivity index (χ1) is 9.90. The molecule has 1 saturated heterocycles. The molecule has 21 heavy (non-hydrogen) atoms. The lowest BCUT2D eigenvalue weighted by molar-refractivity contribution is -0.138. The van der Waals surface area contributed by atoms with Gasteiger partial charge in [0.05, 0.1) is 5.56 Å². The third kappa shape index (κ3) is 4.35. The second kappa shape index (κ2) is 6.66. The van der Waals surface area contributed by atoms with E-state index in [1.54, 1.807) is 0 Å². The minimum atomic E-state index is -4.35. The number of hydrogen-bond acceptors (Lipinski definition) is 3. The molecule has 118 valence electrons. The van der Waals surface area contributed by atoms with E-state index in [0.717, 1.165) is 45.2 Å². The zero-order valence-electron chi connectivity index (χ0n) is 12.3. The fraction of sp³-hybridized carbons (Fsp3) is 0.600. The van der Waals surface area contributed by atoms with Crippen molar-refractivity contribution in [2.24, 2.45) is 0 Å². The van der Waals surface area contributed by atoms with Crippen molar-refractivity contribution in [3.8, 4) is 0 Å². The molecule has 1 aliphatic rings. The Kier molecular flexibility index (Phi) is 5.11. The second-order valence-electron chi connectivity index (χ2n) is 5.53. The number of nitrogen functional groups attached to an aromatic ring is 1. The van der Waals surface area contributed by atoms with Gasteiger partial charge in [-0.3, -0.25) is 4.90 Å². The first kappa shape index (κ1) is 16.1. The zero-order chi connectivity index (χ0) is 15.5. The Morgan fingerprint density at radius 2 is 1.71 bits per heavy atom. The number of benzene rings is 1. The molecule has 0 spiro atoms. The Hall–Kier alpha value is -1.27. The number of nitrogens with zero attached hydrogens (tertiary/aromatic N) is 2. The molecule has 0 aliphatic carbocycles. The fourth-order valence-electron chi connectivity index (χ4n) is 2.72. The molecule has 6 heteroatoms. The standard InChI is InChI=1S/C15H22F3N3/c1-2-5-20-6-8-21(9-7-20)11-12-3-4-13(19)10-14(12)15(16,17)18/h3-4,10H,2,5-9,11,19H2,1H3. The maximum atomic E-state index is 13.1. The van der Waals surface area contributed by atoms with Crippen LogP contribution >= 0.6 is 0 Å². The summed E-state index contributed by atoms with van der Waals surface area (Å²) in [6.07, 6.45) is -3.25. The van der Waals surface area contributed by atoms with Crippen LogP contribution in [0.3, 0.4) is 0 Å². The van der Waals surface area contributed by atoms with Gasteiger partial charge in [-0.2, -0.15) is 13.2 Å². The summed E-state index contributed by atoms with van der Waals surface area (Å²) in [5, 5.41) is 0. The maximum absolute atomic E-state index is 13.1. The summed E-state index contributed by atoms with van der Waals surface area (Å²) in [4.78, 5) is 4.43. The Morgan fingerprint density at radius 3 is 2.29 bits per heavy atom. The molecule has 0 atom stereocenters. The van der Waals surface area contributed by atoms with Crippen LogP contribution in [-0.4, -0.2) is 42.5 Å². The predicted octanol–water partition coefficient (Wildman–Crippen LogP) is 2.82. The molecule has 0 amide bonds. The lowest BCUT2D eigenvalue weighted by Crippen LogP contribution is -2.46. The summed E-state index contributed by atoms with van der Waals surface area (Å²) in [6.45, 7) is 6.98. The smallest absolute Gasteiger partial charge is 0.399 e. The number of nitrogens with two attached hydrogens (primary N) is 1. The van der Waals surface area contributed by atoms with E-state index < -0.39 is 11.7 Å². The van der Waals surface area contributed by atoms with E-state index in [1.165, 1.54) is 12.1 Å². The molecule has 1 aliphatic heterocycles. The zero-order valence-corrected chi connectivity index (χ0v) is 12.3. The van der Waals surface area contributed by atoms with E-state index in [4.69, 9.17) is 5.73 Å². The molecule has 1 heterocycles. The van der Waals surface area contributed by atoms with Crippen LogP contribution in [0.25, 0.3) is 0 Å². The Morgan fingerprint density at radius 1 is 1.10 bits per heavy atom. The van der Waals surface area contributed by atoms with Gasteiger partial charge in [0.1, 0.15) is 0 Å². The average Bonchev–Trinajstić information content (AvgIpc) is 2.42. The van der Waals surface area contributed by atoms with Crippen LogP contribution in [0.5, 0.6) is 0 Å². The maximum Gasteiger partial charge on any atom is 0.416 e. The van der Waals surface area contributed by atoms with Gasteiger partial charge in [0.25, 0.3) is 0 Å². The highest BCUT2D eigenvalue weighted by atomic mass is 19.4. The summed E-state index contributed by atoms with van der Waals surface area (Å²) in [5.74, 6) is 0. The molecule has 0 unspecified atom stereocenters. The number of alkyl halides is 3. The first-order valence-corrected chi connectivity index (χ1v) is 7.30. The lowest BCUT2D eigenvalue weighted by atomic mass is 10.1. The van der Waals surface area contributed by atoms with Crippen molar-refractivity contribution in [1.29, 1.82) is 0 Å². The number of rotatable bonds is 4. The molecule has 0 radical (unpaired) electrons. The number of halogens is 3. The molecule has 1 aromatic rings. The van der Waals surface area contributed by atoms with E-state index in [-0.39, 0.29) is 5.69 Å². The van der Waals surface area contributed by atoms with E-state index in [9.17, 15) is 13.2 Å². The molecule has 0 aromatic heterocycles. The van der Waals surface area contributed by atoms with Crippen molar-refractivity contribution in [2.45, 2.75) is 26.1 Å². The second-order valence-corrected chi connectivity index (χ2v) is 5.53. The first-order valence-electron chi connectivity index (χ1n) is 7.30. The Labute approximate surface area is 123 Å². The highest BCUT2D eigenvalue weighted by molar-refractivity contribution is 5.46. The van der Waals surface area contributed by atoms with Gasteiger partial charge >= 0.3 is 6.18 Å². The molecule has 2 rings (SSSR count). The van der Waals surface area contributed by atoms with Gasteiger partial charge in [-0.05, 0) is 30.7 Å². The molecule has 0 saturated carbocycles. The molecular weight excluding hydrogens is 279 g/mol. The van der Waals surface area contributed by atoms with Gasteiger partial charge in [0.2, 0.25) is 0 Å². The molecular formula is C15H22F3N3. The van der Waals surface area contributed by atoms with Crippen molar-refractivity contribution in [3.63, 3.8) is 0 Å². The van der Waals surface area contributed by atoms with Gasteiger partial charge < -0.3 is 10.6 Å².